The Bertz CT molecular complexity index is 185. The van der Waals surface area contributed by atoms with Crippen LogP contribution in [0.15, 0.2) is 0 Å². The molecule has 1 amide bonds. The van der Waals surface area contributed by atoms with Crippen molar-refractivity contribution in [1.82, 2.24) is 5.32 Å². The van der Waals surface area contributed by atoms with Crippen molar-refractivity contribution in [3.8, 4) is 0 Å². The third-order valence-corrected chi connectivity index (χ3v) is 3.43. The molecule has 0 radical (unpaired) electrons. The first-order chi connectivity index (χ1) is 6.34. The lowest BCUT2D eigenvalue weighted by molar-refractivity contribution is -0.119. The number of nitrogens with one attached hydrogen (secondary N) is 1. The number of carbonyl (C=O) groups is 1. The topological polar surface area (TPSA) is 29.1 Å². The quantitative estimate of drug-likeness (QED) is 0.695. The normalized spacial score (nSPS) is 30.5. The molecule has 0 aromatic rings. The van der Waals surface area contributed by atoms with Crippen LogP contribution >= 0.6 is 0 Å². The van der Waals surface area contributed by atoms with Gasteiger partial charge in [-0.15, -0.1) is 0 Å². The van der Waals surface area contributed by atoms with Crippen LogP contribution in [0.4, 0.5) is 0 Å². The van der Waals surface area contributed by atoms with Gasteiger partial charge in [0.2, 0.25) is 5.91 Å². The molecule has 1 saturated carbocycles. The van der Waals surface area contributed by atoms with Crippen LogP contribution in [-0.2, 0) is 4.79 Å². The fourth-order valence-electron chi connectivity index (χ4n) is 2.68. The van der Waals surface area contributed by atoms with Gasteiger partial charge in [-0.05, 0) is 18.8 Å². The summed E-state index contributed by atoms with van der Waals surface area (Å²) in [5.74, 6) is 1.16. The molecule has 0 aromatic heterocycles. The predicted molar refractivity (Wildman–Crippen MR) is 52.4 cm³/mol. The molecule has 1 N–H and O–H groups in total. The summed E-state index contributed by atoms with van der Waals surface area (Å²) < 4.78 is 0. The van der Waals surface area contributed by atoms with Gasteiger partial charge in [0.25, 0.3) is 0 Å². The number of carbonyl (C=O) groups excluding carboxylic acids is 1. The Morgan fingerprint density at radius 3 is 2.54 bits per heavy atom. The minimum atomic E-state index is 0.265. The Balaban J connectivity index is 1.73. The van der Waals surface area contributed by atoms with Crippen molar-refractivity contribution in [1.29, 1.82) is 0 Å². The number of hydrogen-bond donors (Lipinski definition) is 1. The van der Waals surface area contributed by atoms with Crippen LogP contribution < -0.4 is 5.32 Å². The summed E-state index contributed by atoms with van der Waals surface area (Å²) in [6, 6.07) is 0.510. The van der Waals surface area contributed by atoms with Gasteiger partial charge in [0.1, 0.15) is 0 Å². The number of amides is 1. The minimum Gasteiger partial charge on any atom is -0.353 e. The summed E-state index contributed by atoms with van der Waals surface area (Å²) in [6.07, 6.45) is 10.1. The summed E-state index contributed by atoms with van der Waals surface area (Å²) in [4.78, 5) is 11.0. The predicted octanol–water partition coefficient (Wildman–Crippen LogP) is 2.24. The Labute approximate surface area is 80.1 Å². The van der Waals surface area contributed by atoms with E-state index in [4.69, 9.17) is 0 Å². The molecule has 2 fully saturated rings. The van der Waals surface area contributed by atoms with Gasteiger partial charge < -0.3 is 5.32 Å². The molecule has 0 aromatic carbocycles. The molecule has 1 heterocycles. The SMILES string of the molecule is O=C1CCC(CC2CCCCC2)N1. The van der Waals surface area contributed by atoms with E-state index in [2.05, 4.69) is 5.32 Å². The van der Waals surface area contributed by atoms with E-state index < -0.39 is 0 Å². The van der Waals surface area contributed by atoms with Crippen molar-refractivity contribution < 1.29 is 4.79 Å². The lowest BCUT2D eigenvalue weighted by Crippen LogP contribution is -2.28. The van der Waals surface area contributed by atoms with Crippen molar-refractivity contribution in [2.24, 2.45) is 5.92 Å². The number of hydrogen-bond acceptors (Lipinski definition) is 1. The molecule has 74 valence electrons. The molecular weight excluding hydrogens is 162 g/mol. The number of rotatable bonds is 2. The van der Waals surface area contributed by atoms with Crippen molar-refractivity contribution in [2.45, 2.75) is 57.4 Å². The average molecular weight is 181 g/mol. The van der Waals surface area contributed by atoms with Crippen molar-refractivity contribution >= 4 is 5.91 Å². The van der Waals surface area contributed by atoms with Crippen LogP contribution in [0.1, 0.15) is 51.4 Å². The molecular formula is C11H19NO. The molecule has 2 rings (SSSR count). The van der Waals surface area contributed by atoms with E-state index in [1.807, 2.05) is 0 Å². The van der Waals surface area contributed by atoms with Crippen LogP contribution in [0.5, 0.6) is 0 Å². The maximum absolute atomic E-state index is 11.0. The summed E-state index contributed by atoms with van der Waals surface area (Å²) in [7, 11) is 0. The molecule has 0 bridgehead atoms. The van der Waals surface area contributed by atoms with Gasteiger partial charge in [-0.1, -0.05) is 32.1 Å². The van der Waals surface area contributed by atoms with Gasteiger partial charge in [-0.25, -0.2) is 0 Å². The summed E-state index contributed by atoms with van der Waals surface area (Å²) in [5, 5.41) is 3.06. The monoisotopic (exact) mass is 181 g/mol. The van der Waals surface area contributed by atoms with E-state index in [1.54, 1.807) is 0 Å². The molecule has 1 aliphatic heterocycles. The van der Waals surface area contributed by atoms with Gasteiger partial charge in [-0.3, -0.25) is 4.79 Å². The second-order valence-electron chi connectivity index (χ2n) is 4.54. The molecule has 1 atom stereocenters. The third kappa shape index (κ3) is 2.45. The molecule has 2 aliphatic rings. The molecule has 1 unspecified atom stereocenters. The zero-order valence-corrected chi connectivity index (χ0v) is 8.22. The van der Waals surface area contributed by atoms with E-state index in [1.165, 1.54) is 38.5 Å². The van der Waals surface area contributed by atoms with Crippen LogP contribution in [0.25, 0.3) is 0 Å². The van der Waals surface area contributed by atoms with E-state index in [0.717, 1.165) is 18.8 Å². The second kappa shape index (κ2) is 4.12. The zero-order valence-electron chi connectivity index (χ0n) is 8.22. The Morgan fingerprint density at radius 2 is 1.92 bits per heavy atom. The van der Waals surface area contributed by atoms with Crippen molar-refractivity contribution in [3.05, 3.63) is 0 Å². The molecule has 1 saturated heterocycles. The Hall–Kier alpha value is -0.530. The minimum absolute atomic E-state index is 0.265. The van der Waals surface area contributed by atoms with E-state index in [-0.39, 0.29) is 5.91 Å². The highest BCUT2D eigenvalue weighted by atomic mass is 16.1. The van der Waals surface area contributed by atoms with Gasteiger partial charge in [0.15, 0.2) is 0 Å². The van der Waals surface area contributed by atoms with Gasteiger partial charge in [0, 0.05) is 12.5 Å². The fourth-order valence-corrected chi connectivity index (χ4v) is 2.68. The average Bonchev–Trinajstić information content (AvgIpc) is 2.53. The van der Waals surface area contributed by atoms with Gasteiger partial charge in [-0.2, -0.15) is 0 Å². The van der Waals surface area contributed by atoms with E-state index in [0.29, 0.717) is 6.04 Å². The molecule has 0 spiro atoms. The lowest BCUT2D eigenvalue weighted by atomic mass is 9.84. The zero-order chi connectivity index (χ0) is 9.10. The van der Waals surface area contributed by atoms with E-state index in [9.17, 15) is 4.79 Å². The van der Waals surface area contributed by atoms with Crippen LogP contribution in [0.2, 0.25) is 0 Å². The highest BCUT2D eigenvalue weighted by Gasteiger charge is 2.24. The second-order valence-corrected chi connectivity index (χ2v) is 4.54. The highest BCUT2D eigenvalue weighted by Crippen LogP contribution is 2.29. The standard InChI is InChI=1S/C11H19NO/c13-11-7-6-10(12-11)8-9-4-2-1-3-5-9/h9-10H,1-8H2,(H,12,13). The van der Waals surface area contributed by atoms with Crippen LogP contribution in [0, 0.1) is 5.92 Å². The lowest BCUT2D eigenvalue weighted by Gasteiger charge is -2.24. The first-order valence-electron chi connectivity index (χ1n) is 5.64. The maximum atomic E-state index is 11.0. The summed E-state index contributed by atoms with van der Waals surface area (Å²) in [5.41, 5.74) is 0. The molecule has 13 heavy (non-hydrogen) atoms. The Morgan fingerprint density at radius 1 is 1.15 bits per heavy atom. The fraction of sp³-hybridized carbons (Fsp3) is 0.909. The maximum Gasteiger partial charge on any atom is 0.220 e. The molecule has 2 heteroatoms. The molecule has 1 aliphatic carbocycles. The third-order valence-electron chi connectivity index (χ3n) is 3.43. The van der Waals surface area contributed by atoms with Crippen LogP contribution in [0.3, 0.4) is 0 Å². The molecule has 2 nitrogen and oxygen atoms in total. The van der Waals surface area contributed by atoms with Gasteiger partial charge in [0.05, 0.1) is 0 Å². The highest BCUT2D eigenvalue weighted by molar-refractivity contribution is 5.78. The smallest absolute Gasteiger partial charge is 0.220 e. The summed E-state index contributed by atoms with van der Waals surface area (Å²) in [6.45, 7) is 0. The first kappa shape index (κ1) is 9.04. The van der Waals surface area contributed by atoms with E-state index >= 15 is 0 Å². The largest absolute Gasteiger partial charge is 0.353 e. The first-order valence-corrected chi connectivity index (χ1v) is 5.64. The van der Waals surface area contributed by atoms with Gasteiger partial charge >= 0.3 is 0 Å². The van der Waals surface area contributed by atoms with Crippen molar-refractivity contribution in [3.63, 3.8) is 0 Å². The Kier molecular flexibility index (Phi) is 2.87. The van der Waals surface area contributed by atoms with Crippen LogP contribution in [-0.4, -0.2) is 11.9 Å². The summed E-state index contributed by atoms with van der Waals surface area (Å²) >= 11 is 0. The van der Waals surface area contributed by atoms with Crippen molar-refractivity contribution in [2.75, 3.05) is 0 Å².